The highest BCUT2D eigenvalue weighted by molar-refractivity contribution is 6.09. The van der Waals surface area contributed by atoms with Crippen LogP contribution in [0.2, 0.25) is 0 Å². The van der Waals surface area contributed by atoms with Crippen molar-refractivity contribution in [3.8, 4) is 34.1 Å². The van der Waals surface area contributed by atoms with Crippen molar-refractivity contribution in [2.45, 2.75) is 13.3 Å². The summed E-state index contributed by atoms with van der Waals surface area (Å²) in [5, 5.41) is 0.611. The average molecular weight is 522 g/mol. The van der Waals surface area contributed by atoms with E-state index in [9.17, 15) is 4.79 Å². The van der Waals surface area contributed by atoms with Crippen molar-refractivity contribution in [3.63, 3.8) is 0 Å². The van der Waals surface area contributed by atoms with Crippen molar-refractivity contribution < 1.29 is 13.9 Å². The molecule has 0 spiro atoms. The van der Waals surface area contributed by atoms with Gasteiger partial charge >= 0.3 is 6.01 Å². The summed E-state index contributed by atoms with van der Waals surface area (Å²) >= 11 is 0. The molecular weight excluding hydrogens is 497 g/mol. The Kier molecular flexibility index (Phi) is 5.79. The van der Waals surface area contributed by atoms with Gasteiger partial charge in [-0.15, -0.1) is 0 Å². The van der Waals surface area contributed by atoms with Gasteiger partial charge < -0.3 is 19.9 Å². The summed E-state index contributed by atoms with van der Waals surface area (Å²) in [7, 11) is 1.87. The lowest BCUT2D eigenvalue weighted by atomic mass is 9.98. The zero-order valence-corrected chi connectivity index (χ0v) is 21.3. The summed E-state index contributed by atoms with van der Waals surface area (Å²) in [5.74, 6) is -0.371. The molecule has 3 aromatic heterocycles. The highest BCUT2D eigenvalue weighted by Gasteiger charge is 2.26. The van der Waals surface area contributed by atoms with E-state index in [1.807, 2.05) is 35.9 Å². The minimum absolute atomic E-state index is 0.00317. The molecule has 9 nitrogen and oxygen atoms in total. The number of aromatic nitrogens is 5. The van der Waals surface area contributed by atoms with E-state index < -0.39 is 5.82 Å². The Morgan fingerprint density at radius 1 is 1.05 bits per heavy atom. The van der Waals surface area contributed by atoms with E-state index in [1.54, 1.807) is 30.2 Å². The Balaban J connectivity index is 1.46. The van der Waals surface area contributed by atoms with Gasteiger partial charge in [-0.2, -0.15) is 0 Å². The third-order valence-electron chi connectivity index (χ3n) is 6.83. The van der Waals surface area contributed by atoms with Gasteiger partial charge in [-0.1, -0.05) is 24.8 Å². The van der Waals surface area contributed by atoms with Gasteiger partial charge in [0, 0.05) is 42.3 Å². The van der Waals surface area contributed by atoms with Crippen molar-refractivity contribution in [1.82, 2.24) is 24.5 Å². The fraction of sp³-hybridized carbons (Fsp3) is 0.138. The van der Waals surface area contributed by atoms with Crippen LogP contribution in [-0.2, 0) is 11.8 Å². The van der Waals surface area contributed by atoms with Crippen molar-refractivity contribution in [2.75, 3.05) is 17.2 Å². The fourth-order valence-corrected chi connectivity index (χ4v) is 4.90. The summed E-state index contributed by atoms with van der Waals surface area (Å²) in [6, 6.07) is 14.1. The summed E-state index contributed by atoms with van der Waals surface area (Å²) < 4.78 is 22.9. The largest absolute Gasteiger partial charge is 0.421 e. The van der Waals surface area contributed by atoms with Crippen LogP contribution in [0.3, 0.4) is 0 Å². The van der Waals surface area contributed by atoms with E-state index in [4.69, 9.17) is 10.5 Å². The van der Waals surface area contributed by atoms with E-state index in [0.29, 0.717) is 46.4 Å². The van der Waals surface area contributed by atoms with Gasteiger partial charge in [0.1, 0.15) is 17.8 Å². The monoisotopic (exact) mass is 521 g/mol. The van der Waals surface area contributed by atoms with Gasteiger partial charge in [0.2, 0.25) is 0 Å². The molecule has 39 heavy (non-hydrogen) atoms. The maximum atomic E-state index is 15.4. The zero-order valence-electron chi connectivity index (χ0n) is 21.3. The van der Waals surface area contributed by atoms with E-state index in [0.717, 1.165) is 16.9 Å². The normalized spacial score (nSPS) is 13.5. The number of ether oxygens (including phenoxy) is 1. The summed E-state index contributed by atoms with van der Waals surface area (Å²) in [6.45, 7) is 6.24. The quantitative estimate of drug-likeness (QED) is 0.316. The molecular formula is C29H24FN7O2. The minimum Gasteiger partial charge on any atom is -0.421 e. The molecule has 1 aliphatic heterocycles. The molecule has 0 atom stereocenters. The molecule has 6 rings (SSSR count). The van der Waals surface area contributed by atoms with Gasteiger partial charge in [0.25, 0.3) is 5.91 Å². The summed E-state index contributed by atoms with van der Waals surface area (Å²) in [4.78, 5) is 31.0. The first-order valence-electron chi connectivity index (χ1n) is 12.3. The number of carbonyl (C=O) groups excluding carboxylic acids is 1. The molecule has 0 radical (unpaired) electrons. The van der Waals surface area contributed by atoms with E-state index >= 15 is 4.39 Å². The standard InChI is InChI=1S/C29H24FN7O2/c1-16-11-13-37(28(16)38)20-7-4-18(5-8-20)25-23(24-26(31)33-15-34-27(24)36(25)3)19-6-9-22(21(30)14-19)39-29-32-12-10-17(2)35-29/h4-10,12,14-15H,1,11,13H2,2-3H3,(H2,31,33,34). The van der Waals surface area contributed by atoms with E-state index in [-0.39, 0.29) is 23.5 Å². The highest BCUT2D eigenvalue weighted by atomic mass is 19.1. The van der Waals surface area contributed by atoms with E-state index in [2.05, 4.69) is 26.5 Å². The number of nitrogens with zero attached hydrogens (tertiary/aromatic N) is 6. The number of carbonyl (C=O) groups is 1. The molecule has 0 aliphatic carbocycles. The Hall–Kier alpha value is -5.12. The molecule has 4 heterocycles. The molecule has 0 unspecified atom stereocenters. The van der Waals surface area contributed by atoms with Gasteiger partial charge in [0.15, 0.2) is 11.6 Å². The smallest absolute Gasteiger partial charge is 0.322 e. The third-order valence-corrected chi connectivity index (χ3v) is 6.83. The lowest BCUT2D eigenvalue weighted by molar-refractivity contribution is -0.114. The Bertz CT molecular complexity index is 1780. The minimum atomic E-state index is -0.584. The first-order chi connectivity index (χ1) is 18.8. The van der Waals surface area contributed by atoms with Gasteiger partial charge in [0.05, 0.1) is 11.1 Å². The van der Waals surface area contributed by atoms with Crippen molar-refractivity contribution in [3.05, 3.63) is 84.7 Å². The molecule has 1 amide bonds. The van der Waals surface area contributed by atoms with Crippen molar-refractivity contribution in [2.24, 2.45) is 7.05 Å². The average Bonchev–Trinajstić information content (AvgIpc) is 3.42. The topological polar surface area (TPSA) is 112 Å². The molecule has 0 saturated carbocycles. The van der Waals surface area contributed by atoms with Crippen LogP contribution in [0, 0.1) is 12.7 Å². The summed E-state index contributed by atoms with van der Waals surface area (Å²) in [6.07, 6.45) is 3.60. The third kappa shape index (κ3) is 4.15. The number of nitrogen functional groups attached to an aromatic ring is 1. The van der Waals surface area contributed by atoms with Crippen molar-refractivity contribution >= 4 is 28.4 Å². The Morgan fingerprint density at radius 2 is 1.82 bits per heavy atom. The van der Waals surface area contributed by atoms with Gasteiger partial charge in [-0.25, -0.2) is 24.3 Å². The second kappa shape index (κ2) is 9.32. The van der Waals surface area contributed by atoms with Crippen LogP contribution in [0.1, 0.15) is 12.1 Å². The fourth-order valence-electron chi connectivity index (χ4n) is 4.90. The van der Waals surface area contributed by atoms with Crippen LogP contribution in [0.4, 0.5) is 15.9 Å². The number of anilines is 2. The van der Waals surface area contributed by atoms with Gasteiger partial charge in [-0.05, 0) is 54.8 Å². The Labute approximate surface area is 223 Å². The first-order valence-corrected chi connectivity index (χ1v) is 12.3. The number of rotatable bonds is 5. The zero-order chi connectivity index (χ0) is 27.3. The molecule has 1 aliphatic rings. The number of hydrogen-bond acceptors (Lipinski definition) is 7. The second-order valence-electron chi connectivity index (χ2n) is 9.33. The molecule has 2 aromatic carbocycles. The van der Waals surface area contributed by atoms with Crippen LogP contribution in [0.15, 0.2) is 73.2 Å². The predicted molar refractivity (Wildman–Crippen MR) is 147 cm³/mol. The molecule has 0 bridgehead atoms. The van der Waals surface area contributed by atoms with Crippen LogP contribution in [0.5, 0.6) is 11.8 Å². The SMILES string of the molecule is C=C1CCN(c2ccc(-c3c(-c4ccc(Oc5nccc(C)n5)c(F)c4)c4c(N)ncnc4n3C)cc2)C1=O. The lowest BCUT2D eigenvalue weighted by Crippen LogP contribution is -2.24. The molecule has 2 N–H and O–H groups in total. The molecule has 1 fully saturated rings. The molecule has 10 heteroatoms. The highest BCUT2D eigenvalue weighted by Crippen LogP contribution is 2.43. The van der Waals surface area contributed by atoms with Crippen LogP contribution in [0.25, 0.3) is 33.4 Å². The molecule has 194 valence electrons. The van der Waals surface area contributed by atoms with Crippen LogP contribution in [-0.4, -0.2) is 37.0 Å². The maximum absolute atomic E-state index is 15.4. The number of aryl methyl sites for hydroxylation is 2. The van der Waals surface area contributed by atoms with Gasteiger partial charge in [-0.3, -0.25) is 4.79 Å². The van der Waals surface area contributed by atoms with Crippen LogP contribution >= 0.6 is 0 Å². The number of nitrogens with two attached hydrogens (primary N) is 1. The molecule has 1 saturated heterocycles. The maximum Gasteiger partial charge on any atom is 0.322 e. The number of amides is 1. The lowest BCUT2D eigenvalue weighted by Gasteiger charge is -2.16. The first kappa shape index (κ1) is 24.2. The number of hydrogen-bond donors (Lipinski definition) is 1. The second-order valence-corrected chi connectivity index (χ2v) is 9.33. The van der Waals surface area contributed by atoms with Crippen LogP contribution < -0.4 is 15.4 Å². The predicted octanol–water partition coefficient (Wildman–Crippen LogP) is 5.21. The number of fused-ring (bicyclic) bond motifs is 1. The number of halogens is 1. The number of benzene rings is 2. The van der Waals surface area contributed by atoms with E-state index in [1.165, 1.54) is 18.5 Å². The van der Waals surface area contributed by atoms with Crippen molar-refractivity contribution in [1.29, 1.82) is 0 Å². The summed E-state index contributed by atoms with van der Waals surface area (Å²) in [5.41, 5.74) is 11.9. The Morgan fingerprint density at radius 3 is 2.51 bits per heavy atom. The molecule has 5 aromatic rings.